The van der Waals surface area contributed by atoms with Crippen LogP contribution in [0.4, 0.5) is 0 Å². The second kappa shape index (κ2) is 6.95. The first-order valence-electron chi connectivity index (χ1n) is 9.90. The van der Waals surface area contributed by atoms with E-state index < -0.39 is 0 Å². The molecule has 2 aliphatic rings. The van der Waals surface area contributed by atoms with Crippen molar-refractivity contribution in [2.24, 2.45) is 5.92 Å². The summed E-state index contributed by atoms with van der Waals surface area (Å²) in [4.78, 5) is 37.9. The molecule has 8 heteroatoms. The zero-order valence-corrected chi connectivity index (χ0v) is 16.1. The Bertz CT molecular complexity index is 1150. The lowest BCUT2D eigenvalue weighted by Gasteiger charge is -2.35. The third-order valence-electron chi connectivity index (χ3n) is 5.87. The number of aromatic amines is 1. The molecule has 4 heterocycles. The summed E-state index contributed by atoms with van der Waals surface area (Å²) in [6.07, 6.45) is 5.75. The average molecular weight is 391 g/mol. The van der Waals surface area contributed by atoms with Gasteiger partial charge in [0.15, 0.2) is 0 Å². The molecule has 0 bridgehead atoms. The standard InChI is InChI=1S/C21H21N5O3/c1-12-18(19-24-20(29-25-19)16-6-3-7-17(27)23-16)15-8-9-26(11-14(15)10-22-12)21(28)13-4-2-5-13/h3,6-7,10,13H,2,4-5,8-9,11H2,1H3,(H,23,27). The Hall–Kier alpha value is -3.29. The highest BCUT2D eigenvalue weighted by molar-refractivity contribution is 5.80. The topological polar surface area (TPSA) is 105 Å². The summed E-state index contributed by atoms with van der Waals surface area (Å²) < 4.78 is 5.40. The highest BCUT2D eigenvalue weighted by atomic mass is 16.5. The Morgan fingerprint density at radius 3 is 2.93 bits per heavy atom. The van der Waals surface area contributed by atoms with Crippen LogP contribution in [0.1, 0.15) is 36.1 Å². The van der Waals surface area contributed by atoms with Crippen LogP contribution in [0.2, 0.25) is 0 Å². The zero-order valence-electron chi connectivity index (χ0n) is 16.1. The van der Waals surface area contributed by atoms with Gasteiger partial charge >= 0.3 is 0 Å². The lowest BCUT2D eigenvalue weighted by Crippen LogP contribution is -2.42. The number of carbonyl (C=O) groups excluding carboxylic acids is 1. The average Bonchev–Trinajstić information content (AvgIpc) is 3.16. The van der Waals surface area contributed by atoms with Crippen molar-refractivity contribution in [3.8, 4) is 23.0 Å². The fourth-order valence-electron chi connectivity index (χ4n) is 4.05. The number of pyridine rings is 2. The van der Waals surface area contributed by atoms with Crippen LogP contribution in [0, 0.1) is 12.8 Å². The van der Waals surface area contributed by atoms with Crippen LogP contribution in [0.5, 0.6) is 0 Å². The van der Waals surface area contributed by atoms with Gasteiger partial charge in [-0.3, -0.25) is 14.6 Å². The van der Waals surface area contributed by atoms with Gasteiger partial charge < -0.3 is 14.4 Å². The van der Waals surface area contributed by atoms with Gasteiger partial charge in [-0.15, -0.1) is 0 Å². The third-order valence-corrected chi connectivity index (χ3v) is 5.87. The Kier molecular flexibility index (Phi) is 4.26. The first-order chi connectivity index (χ1) is 14.1. The van der Waals surface area contributed by atoms with Crippen LogP contribution in [0.15, 0.2) is 33.7 Å². The van der Waals surface area contributed by atoms with Gasteiger partial charge in [-0.1, -0.05) is 17.6 Å². The molecule has 1 aliphatic carbocycles. The Morgan fingerprint density at radius 1 is 1.31 bits per heavy atom. The van der Waals surface area contributed by atoms with Crippen molar-refractivity contribution in [2.75, 3.05) is 6.54 Å². The van der Waals surface area contributed by atoms with Crippen LogP contribution in [-0.4, -0.2) is 37.5 Å². The van der Waals surface area contributed by atoms with Gasteiger partial charge in [-0.25, -0.2) is 0 Å². The number of amides is 1. The molecule has 29 heavy (non-hydrogen) atoms. The molecule has 1 aliphatic heterocycles. The highest BCUT2D eigenvalue weighted by Crippen LogP contribution is 2.34. The van der Waals surface area contributed by atoms with Crippen LogP contribution in [0.3, 0.4) is 0 Å². The predicted molar refractivity (Wildman–Crippen MR) is 105 cm³/mol. The summed E-state index contributed by atoms with van der Waals surface area (Å²) in [6, 6.07) is 4.79. The predicted octanol–water partition coefficient (Wildman–Crippen LogP) is 2.48. The van der Waals surface area contributed by atoms with E-state index in [1.807, 2.05) is 18.0 Å². The van der Waals surface area contributed by atoms with Crippen molar-refractivity contribution >= 4 is 5.91 Å². The maximum Gasteiger partial charge on any atom is 0.274 e. The van der Waals surface area contributed by atoms with E-state index in [4.69, 9.17) is 4.52 Å². The van der Waals surface area contributed by atoms with Gasteiger partial charge in [0.25, 0.3) is 5.89 Å². The van der Waals surface area contributed by atoms with Crippen LogP contribution in [-0.2, 0) is 17.8 Å². The fourth-order valence-corrected chi connectivity index (χ4v) is 4.05. The molecule has 148 valence electrons. The normalized spacial score (nSPS) is 16.4. The van der Waals surface area contributed by atoms with Crippen molar-refractivity contribution in [1.82, 2.24) is 25.0 Å². The molecule has 1 saturated carbocycles. The third kappa shape index (κ3) is 3.14. The lowest BCUT2D eigenvalue weighted by molar-refractivity contribution is -0.139. The van der Waals surface area contributed by atoms with E-state index in [0.717, 1.165) is 48.1 Å². The van der Waals surface area contributed by atoms with E-state index in [2.05, 4.69) is 20.1 Å². The first kappa shape index (κ1) is 17.8. The first-order valence-corrected chi connectivity index (χ1v) is 9.90. The second-order valence-electron chi connectivity index (χ2n) is 7.71. The van der Waals surface area contributed by atoms with Crippen LogP contribution < -0.4 is 5.56 Å². The minimum Gasteiger partial charge on any atom is -0.338 e. The molecule has 3 aromatic rings. The monoisotopic (exact) mass is 391 g/mol. The van der Waals surface area contributed by atoms with E-state index in [-0.39, 0.29) is 23.3 Å². The van der Waals surface area contributed by atoms with Gasteiger partial charge in [0.05, 0.1) is 0 Å². The highest BCUT2D eigenvalue weighted by Gasteiger charge is 2.32. The minimum absolute atomic E-state index is 0.197. The summed E-state index contributed by atoms with van der Waals surface area (Å²) in [6.45, 7) is 3.18. The van der Waals surface area contributed by atoms with Gasteiger partial charge in [0.1, 0.15) is 5.69 Å². The molecular weight excluding hydrogens is 370 g/mol. The molecule has 3 aromatic heterocycles. The second-order valence-corrected chi connectivity index (χ2v) is 7.71. The van der Waals surface area contributed by atoms with Crippen LogP contribution >= 0.6 is 0 Å². The number of aromatic nitrogens is 4. The lowest BCUT2D eigenvalue weighted by atomic mass is 9.83. The minimum atomic E-state index is -0.228. The van der Waals surface area contributed by atoms with Crippen molar-refractivity contribution < 1.29 is 9.32 Å². The molecule has 1 fully saturated rings. The Labute approximate surface area is 167 Å². The van der Waals surface area contributed by atoms with E-state index in [9.17, 15) is 9.59 Å². The van der Waals surface area contributed by atoms with Crippen LogP contribution in [0.25, 0.3) is 23.0 Å². The molecule has 0 spiro atoms. The van der Waals surface area contributed by atoms with Gasteiger partial charge in [0, 0.05) is 42.5 Å². The van der Waals surface area contributed by atoms with E-state index >= 15 is 0 Å². The van der Waals surface area contributed by atoms with Crippen molar-refractivity contribution in [3.63, 3.8) is 0 Å². The quantitative estimate of drug-likeness (QED) is 0.735. The summed E-state index contributed by atoms with van der Waals surface area (Å²) in [7, 11) is 0. The van der Waals surface area contributed by atoms with Gasteiger partial charge in [0.2, 0.25) is 17.3 Å². The summed E-state index contributed by atoms with van der Waals surface area (Å²) >= 11 is 0. The molecule has 0 unspecified atom stereocenters. The molecule has 5 rings (SSSR count). The number of carbonyl (C=O) groups is 1. The number of hydrogen-bond donors (Lipinski definition) is 1. The Balaban J connectivity index is 1.48. The van der Waals surface area contributed by atoms with E-state index in [1.54, 1.807) is 12.1 Å². The fraction of sp³-hybridized carbons (Fsp3) is 0.381. The van der Waals surface area contributed by atoms with Crippen molar-refractivity contribution in [3.05, 3.63) is 51.6 Å². The number of nitrogens with zero attached hydrogens (tertiary/aromatic N) is 4. The number of hydrogen-bond acceptors (Lipinski definition) is 6. The molecular formula is C21H21N5O3. The maximum atomic E-state index is 12.6. The Morgan fingerprint density at radius 2 is 2.17 bits per heavy atom. The molecule has 8 nitrogen and oxygen atoms in total. The number of H-pyrrole nitrogens is 1. The van der Waals surface area contributed by atoms with Crippen molar-refractivity contribution in [1.29, 1.82) is 0 Å². The zero-order chi connectivity index (χ0) is 20.0. The summed E-state index contributed by atoms with van der Waals surface area (Å²) in [5.74, 6) is 1.17. The molecule has 0 atom stereocenters. The number of fused-ring (bicyclic) bond motifs is 1. The maximum absolute atomic E-state index is 12.6. The summed E-state index contributed by atoms with van der Waals surface area (Å²) in [5, 5.41) is 4.14. The molecule has 1 N–H and O–H groups in total. The number of rotatable bonds is 3. The molecule has 1 amide bonds. The summed E-state index contributed by atoms with van der Waals surface area (Å²) in [5.41, 5.74) is 4.06. The number of aryl methyl sites for hydroxylation is 1. The number of nitrogens with one attached hydrogen (secondary N) is 1. The molecule has 0 saturated heterocycles. The largest absolute Gasteiger partial charge is 0.338 e. The van der Waals surface area contributed by atoms with E-state index in [1.165, 1.54) is 6.07 Å². The molecule has 0 aromatic carbocycles. The van der Waals surface area contributed by atoms with Gasteiger partial charge in [-0.2, -0.15) is 4.98 Å². The van der Waals surface area contributed by atoms with Gasteiger partial charge in [-0.05, 0) is 43.4 Å². The van der Waals surface area contributed by atoms with Crippen molar-refractivity contribution in [2.45, 2.75) is 39.2 Å². The molecule has 0 radical (unpaired) electrons. The SMILES string of the molecule is Cc1ncc2c(c1-c1noc(-c3cccc(=O)[nH]3)n1)CCN(C(=O)C1CCC1)C2. The smallest absolute Gasteiger partial charge is 0.274 e. The van der Waals surface area contributed by atoms with E-state index in [0.29, 0.717) is 24.6 Å².